The first kappa shape index (κ1) is 23.4. The highest BCUT2D eigenvalue weighted by Gasteiger charge is 2.30. The molecule has 1 fully saturated rings. The lowest BCUT2D eigenvalue weighted by Gasteiger charge is -2.26. The largest absolute Gasteiger partial charge is 0.490 e. The zero-order chi connectivity index (χ0) is 23.0. The highest BCUT2D eigenvalue weighted by atomic mass is 19.4. The number of hydrogen-bond donors (Lipinski definition) is 1. The molecule has 3 rings (SSSR count). The molecule has 0 aliphatic carbocycles. The lowest BCUT2D eigenvalue weighted by Crippen LogP contribution is -2.38. The van der Waals surface area contributed by atoms with E-state index in [4.69, 9.17) is 9.47 Å². The van der Waals surface area contributed by atoms with Gasteiger partial charge in [-0.05, 0) is 62.1 Å². The van der Waals surface area contributed by atoms with Crippen LogP contribution in [0.25, 0.3) is 0 Å². The predicted octanol–water partition coefficient (Wildman–Crippen LogP) is 4.34. The fourth-order valence-electron chi connectivity index (χ4n) is 3.17. The third-order valence-electron chi connectivity index (χ3n) is 4.81. The van der Waals surface area contributed by atoms with Crippen LogP contribution in [0.15, 0.2) is 41.6 Å². The molecule has 1 saturated heterocycles. The SMILES string of the molecule is CCOc1cc(C=NNc2ccc(C(F)(F)F)cn2)ccc1OCC(=O)N1CCCCC1. The van der Waals surface area contributed by atoms with Crippen molar-refractivity contribution in [2.75, 3.05) is 31.7 Å². The van der Waals surface area contributed by atoms with Gasteiger partial charge in [-0.3, -0.25) is 10.2 Å². The first-order valence-corrected chi connectivity index (χ1v) is 10.4. The average molecular weight is 450 g/mol. The Hall–Kier alpha value is -3.30. The number of hydrogen-bond acceptors (Lipinski definition) is 6. The molecular weight excluding hydrogens is 425 g/mol. The van der Waals surface area contributed by atoms with E-state index in [1.54, 1.807) is 18.2 Å². The van der Waals surface area contributed by atoms with Crippen LogP contribution in [0.2, 0.25) is 0 Å². The number of benzene rings is 1. The number of anilines is 1. The van der Waals surface area contributed by atoms with Gasteiger partial charge in [-0.2, -0.15) is 18.3 Å². The molecule has 1 aromatic carbocycles. The minimum atomic E-state index is -4.44. The molecule has 0 atom stereocenters. The molecule has 1 aromatic heterocycles. The Morgan fingerprint density at radius 3 is 2.59 bits per heavy atom. The summed E-state index contributed by atoms with van der Waals surface area (Å²) in [4.78, 5) is 17.8. The van der Waals surface area contributed by atoms with Gasteiger partial charge in [0.25, 0.3) is 5.91 Å². The molecule has 1 aliphatic rings. The second kappa shape index (κ2) is 10.8. The highest BCUT2D eigenvalue weighted by Crippen LogP contribution is 2.29. The minimum Gasteiger partial charge on any atom is -0.490 e. The monoisotopic (exact) mass is 450 g/mol. The number of piperidine rings is 1. The summed E-state index contributed by atoms with van der Waals surface area (Å²) in [5.74, 6) is 1.05. The van der Waals surface area contributed by atoms with Crippen LogP contribution >= 0.6 is 0 Å². The van der Waals surface area contributed by atoms with Crippen LogP contribution in [0.5, 0.6) is 11.5 Å². The summed E-state index contributed by atoms with van der Waals surface area (Å²) in [5, 5.41) is 3.99. The number of alkyl halides is 3. The summed E-state index contributed by atoms with van der Waals surface area (Å²) in [6.45, 7) is 3.70. The van der Waals surface area contributed by atoms with Crippen molar-refractivity contribution in [3.8, 4) is 11.5 Å². The molecule has 2 aromatic rings. The Labute approximate surface area is 184 Å². The van der Waals surface area contributed by atoms with Gasteiger partial charge in [0.2, 0.25) is 0 Å². The van der Waals surface area contributed by atoms with Crippen molar-refractivity contribution >= 4 is 17.9 Å². The van der Waals surface area contributed by atoms with Crippen molar-refractivity contribution in [3.63, 3.8) is 0 Å². The molecule has 10 heteroatoms. The van der Waals surface area contributed by atoms with E-state index < -0.39 is 11.7 Å². The Morgan fingerprint density at radius 2 is 1.94 bits per heavy atom. The molecule has 0 unspecified atom stereocenters. The number of hydrazone groups is 1. The summed E-state index contributed by atoms with van der Waals surface area (Å²) in [6, 6.07) is 7.24. The van der Waals surface area contributed by atoms with E-state index in [1.807, 2.05) is 11.8 Å². The number of rotatable bonds is 8. The number of ether oxygens (including phenoxy) is 2. The summed E-state index contributed by atoms with van der Waals surface area (Å²) in [7, 11) is 0. The van der Waals surface area contributed by atoms with Crippen LogP contribution in [0.1, 0.15) is 37.3 Å². The molecule has 0 bridgehead atoms. The van der Waals surface area contributed by atoms with Crippen LogP contribution in [0.3, 0.4) is 0 Å². The summed E-state index contributed by atoms with van der Waals surface area (Å²) in [6.07, 6.45) is 0.950. The summed E-state index contributed by atoms with van der Waals surface area (Å²) >= 11 is 0. The van der Waals surface area contributed by atoms with E-state index in [2.05, 4.69) is 15.5 Å². The third kappa shape index (κ3) is 6.60. The number of pyridine rings is 1. The number of nitrogens with zero attached hydrogens (tertiary/aromatic N) is 3. The van der Waals surface area contributed by atoms with E-state index in [0.717, 1.165) is 44.6 Å². The molecule has 1 amide bonds. The zero-order valence-corrected chi connectivity index (χ0v) is 17.7. The van der Waals surface area contributed by atoms with Gasteiger partial charge in [-0.15, -0.1) is 0 Å². The quantitative estimate of drug-likeness (QED) is 0.478. The van der Waals surface area contributed by atoms with Gasteiger partial charge in [-0.1, -0.05) is 0 Å². The van der Waals surface area contributed by atoms with E-state index in [0.29, 0.717) is 23.7 Å². The molecule has 32 heavy (non-hydrogen) atoms. The fraction of sp³-hybridized carbons (Fsp3) is 0.409. The smallest absolute Gasteiger partial charge is 0.417 e. The normalized spacial score (nSPS) is 14.4. The van der Waals surface area contributed by atoms with Gasteiger partial charge >= 0.3 is 6.18 Å². The number of aromatic nitrogens is 1. The second-order valence-electron chi connectivity index (χ2n) is 7.17. The topological polar surface area (TPSA) is 76.0 Å². The number of carbonyl (C=O) groups is 1. The van der Waals surface area contributed by atoms with E-state index in [9.17, 15) is 18.0 Å². The number of nitrogens with one attached hydrogen (secondary N) is 1. The molecule has 0 radical (unpaired) electrons. The van der Waals surface area contributed by atoms with Crippen molar-refractivity contribution in [1.82, 2.24) is 9.88 Å². The number of carbonyl (C=O) groups excluding carboxylic acids is 1. The van der Waals surface area contributed by atoms with Gasteiger partial charge in [-0.25, -0.2) is 4.98 Å². The van der Waals surface area contributed by atoms with Gasteiger partial charge in [0.15, 0.2) is 18.1 Å². The van der Waals surface area contributed by atoms with Crippen molar-refractivity contribution in [3.05, 3.63) is 47.7 Å². The van der Waals surface area contributed by atoms with Gasteiger partial charge in [0, 0.05) is 19.3 Å². The zero-order valence-electron chi connectivity index (χ0n) is 17.7. The predicted molar refractivity (Wildman–Crippen MR) is 114 cm³/mol. The Kier molecular flexibility index (Phi) is 7.91. The first-order valence-electron chi connectivity index (χ1n) is 10.4. The number of halogens is 3. The third-order valence-corrected chi connectivity index (χ3v) is 4.81. The maximum absolute atomic E-state index is 12.6. The molecule has 2 heterocycles. The molecule has 0 saturated carbocycles. The van der Waals surface area contributed by atoms with Crippen LogP contribution in [-0.2, 0) is 11.0 Å². The second-order valence-corrected chi connectivity index (χ2v) is 7.17. The number of amides is 1. The van der Waals surface area contributed by atoms with Gasteiger partial charge in [0.1, 0.15) is 5.82 Å². The van der Waals surface area contributed by atoms with E-state index in [1.165, 1.54) is 12.3 Å². The molecule has 0 spiro atoms. The standard InChI is InChI=1S/C22H25F3N4O3/c1-2-31-19-12-16(13-27-28-20-9-7-17(14-26-20)22(23,24)25)6-8-18(19)32-15-21(30)29-10-4-3-5-11-29/h6-9,12-14H,2-5,10-11,15H2,1H3,(H,26,28). The van der Waals surface area contributed by atoms with Crippen molar-refractivity contribution in [1.29, 1.82) is 0 Å². The van der Waals surface area contributed by atoms with Crippen LogP contribution in [0, 0.1) is 0 Å². The van der Waals surface area contributed by atoms with Gasteiger partial charge in [0.05, 0.1) is 18.4 Å². The summed E-state index contributed by atoms with van der Waals surface area (Å²) < 4.78 is 49.1. The van der Waals surface area contributed by atoms with Crippen LogP contribution in [-0.4, -0.2) is 48.3 Å². The average Bonchev–Trinajstić information content (AvgIpc) is 2.79. The van der Waals surface area contributed by atoms with Crippen molar-refractivity contribution in [2.24, 2.45) is 5.10 Å². The van der Waals surface area contributed by atoms with Crippen LogP contribution in [0.4, 0.5) is 19.0 Å². The molecule has 1 aliphatic heterocycles. The molecule has 7 nitrogen and oxygen atoms in total. The lowest BCUT2D eigenvalue weighted by molar-refractivity contribution is -0.138. The Bertz CT molecular complexity index is 927. The fourth-order valence-corrected chi connectivity index (χ4v) is 3.17. The molecule has 172 valence electrons. The van der Waals surface area contributed by atoms with Crippen LogP contribution < -0.4 is 14.9 Å². The van der Waals surface area contributed by atoms with E-state index >= 15 is 0 Å². The van der Waals surface area contributed by atoms with Gasteiger partial charge < -0.3 is 14.4 Å². The Balaban J connectivity index is 1.60. The van der Waals surface area contributed by atoms with Crippen molar-refractivity contribution < 1.29 is 27.4 Å². The first-order chi connectivity index (χ1) is 15.4. The number of likely N-dealkylation sites (tertiary alicyclic amines) is 1. The lowest BCUT2D eigenvalue weighted by atomic mass is 10.1. The minimum absolute atomic E-state index is 0.0500. The molecule has 1 N–H and O–H groups in total. The summed E-state index contributed by atoms with van der Waals surface area (Å²) in [5.41, 5.74) is 2.42. The molecular formula is C22H25F3N4O3. The maximum Gasteiger partial charge on any atom is 0.417 e. The van der Waals surface area contributed by atoms with Crippen molar-refractivity contribution in [2.45, 2.75) is 32.4 Å². The maximum atomic E-state index is 12.6. The highest BCUT2D eigenvalue weighted by molar-refractivity contribution is 5.81. The Morgan fingerprint density at radius 1 is 1.16 bits per heavy atom. The van der Waals surface area contributed by atoms with E-state index in [-0.39, 0.29) is 18.3 Å².